The van der Waals surface area contributed by atoms with Crippen LogP contribution in [0.25, 0.3) is 0 Å². The van der Waals surface area contributed by atoms with Crippen LogP contribution in [0.4, 0.5) is 22.0 Å². The van der Waals surface area contributed by atoms with Crippen LogP contribution >= 0.6 is 22.6 Å². The number of hydrogen-bond acceptors (Lipinski definition) is 3. The van der Waals surface area contributed by atoms with Gasteiger partial charge in [0.15, 0.2) is 6.61 Å². The topological polar surface area (TPSA) is 55.0 Å². The Labute approximate surface area is 104 Å². The molecule has 0 fully saturated rings. The second kappa shape index (κ2) is 4.74. The van der Waals surface area contributed by atoms with Gasteiger partial charge in [-0.15, -0.1) is 0 Å². The molecule has 1 aromatic heterocycles. The Morgan fingerprint density at radius 3 is 2.47 bits per heavy atom. The van der Waals surface area contributed by atoms with Crippen molar-refractivity contribution in [2.75, 3.05) is 6.61 Å². The molecule has 10 heteroatoms. The monoisotopic (exact) mass is 370 g/mol. The molecule has 0 saturated heterocycles. The average molecular weight is 370 g/mol. The van der Waals surface area contributed by atoms with Crippen LogP contribution in [0.15, 0.2) is 11.1 Å². The molecule has 0 unspecified atom stereocenters. The Morgan fingerprint density at radius 2 is 1.94 bits per heavy atom. The maximum absolute atomic E-state index is 12.5. The minimum atomic E-state index is -5.71. The largest absolute Gasteiger partial charge is 0.470 e. The van der Waals surface area contributed by atoms with Crippen LogP contribution in [-0.4, -0.2) is 28.7 Å². The molecule has 1 rings (SSSR count). The van der Waals surface area contributed by atoms with Gasteiger partial charge in [0.2, 0.25) is 5.88 Å². The van der Waals surface area contributed by atoms with E-state index in [2.05, 4.69) is 14.7 Å². The zero-order valence-corrected chi connectivity index (χ0v) is 9.97. The van der Waals surface area contributed by atoms with E-state index in [0.717, 1.165) is 6.33 Å². The van der Waals surface area contributed by atoms with Gasteiger partial charge >= 0.3 is 12.1 Å². The second-order valence-corrected chi connectivity index (χ2v) is 3.92. The molecule has 0 atom stereocenters. The lowest BCUT2D eigenvalue weighted by Crippen LogP contribution is -2.42. The first-order chi connectivity index (χ1) is 7.65. The lowest BCUT2D eigenvalue weighted by molar-refractivity contribution is -0.290. The SMILES string of the molecule is O=c1[nH]cnc(OCC(F)(F)C(F)(F)F)c1I. The zero-order valence-electron chi connectivity index (χ0n) is 7.82. The fourth-order valence-corrected chi connectivity index (χ4v) is 1.16. The number of H-pyrrole nitrogens is 1. The van der Waals surface area contributed by atoms with E-state index in [1.165, 1.54) is 22.6 Å². The standard InChI is InChI=1S/C7H4F5IN2O2/c8-6(9,7(10,11)12)1-17-5-3(13)4(16)14-2-15-5/h2H,1H2,(H,14,15,16). The van der Waals surface area contributed by atoms with Gasteiger partial charge in [0.05, 0.1) is 6.33 Å². The molecular formula is C7H4F5IN2O2. The van der Waals surface area contributed by atoms with Crippen molar-refractivity contribution in [2.45, 2.75) is 12.1 Å². The highest BCUT2D eigenvalue weighted by atomic mass is 127. The number of aromatic amines is 1. The number of nitrogens with one attached hydrogen (secondary N) is 1. The molecule has 0 saturated carbocycles. The number of halogens is 6. The zero-order chi connectivity index (χ0) is 13.3. The highest BCUT2D eigenvalue weighted by molar-refractivity contribution is 14.1. The van der Waals surface area contributed by atoms with E-state index in [4.69, 9.17) is 0 Å². The van der Waals surface area contributed by atoms with Gasteiger partial charge in [0.25, 0.3) is 5.56 Å². The maximum atomic E-state index is 12.5. The molecular weight excluding hydrogens is 366 g/mol. The second-order valence-electron chi connectivity index (χ2n) is 2.84. The summed E-state index contributed by atoms with van der Waals surface area (Å²) in [4.78, 5) is 16.4. The molecule has 0 radical (unpaired) electrons. The first kappa shape index (κ1) is 14.1. The average Bonchev–Trinajstić information content (AvgIpc) is 2.18. The third-order valence-electron chi connectivity index (χ3n) is 1.57. The van der Waals surface area contributed by atoms with Crippen molar-refractivity contribution < 1.29 is 26.7 Å². The first-order valence-electron chi connectivity index (χ1n) is 3.95. The van der Waals surface area contributed by atoms with Gasteiger partial charge in [0, 0.05) is 0 Å². The van der Waals surface area contributed by atoms with Crippen LogP contribution in [-0.2, 0) is 0 Å². The molecule has 1 N–H and O–H groups in total. The van der Waals surface area contributed by atoms with Crippen LogP contribution in [0.1, 0.15) is 0 Å². The molecule has 1 heterocycles. The predicted molar refractivity (Wildman–Crippen MR) is 54.1 cm³/mol. The van der Waals surface area contributed by atoms with Gasteiger partial charge in [-0.3, -0.25) is 4.79 Å². The highest BCUT2D eigenvalue weighted by Crippen LogP contribution is 2.35. The van der Waals surface area contributed by atoms with Crippen LogP contribution in [0.2, 0.25) is 0 Å². The first-order valence-corrected chi connectivity index (χ1v) is 5.03. The predicted octanol–water partition coefficient (Wildman–Crippen LogP) is 1.95. The number of nitrogens with zero attached hydrogens (tertiary/aromatic N) is 1. The summed E-state index contributed by atoms with van der Waals surface area (Å²) in [5.41, 5.74) is -0.689. The summed E-state index contributed by atoms with van der Waals surface area (Å²) in [6.45, 7) is -1.93. The van der Waals surface area contributed by atoms with Crippen molar-refractivity contribution >= 4 is 22.6 Å². The van der Waals surface area contributed by atoms with Crippen molar-refractivity contribution in [1.82, 2.24) is 9.97 Å². The van der Waals surface area contributed by atoms with Gasteiger partial charge < -0.3 is 9.72 Å². The molecule has 0 bridgehead atoms. The lowest BCUT2D eigenvalue weighted by atomic mass is 10.3. The Hall–Kier alpha value is -0.940. The third kappa shape index (κ3) is 3.26. The molecule has 0 aliphatic rings. The Morgan fingerprint density at radius 1 is 1.35 bits per heavy atom. The van der Waals surface area contributed by atoms with Gasteiger partial charge in [-0.2, -0.15) is 22.0 Å². The van der Waals surface area contributed by atoms with E-state index in [-0.39, 0.29) is 3.57 Å². The van der Waals surface area contributed by atoms with E-state index >= 15 is 0 Å². The van der Waals surface area contributed by atoms with Gasteiger partial charge in [-0.1, -0.05) is 0 Å². The molecule has 0 aliphatic heterocycles. The molecule has 0 spiro atoms. The summed E-state index contributed by atoms with van der Waals surface area (Å²) in [5.74, 6) is -5.57. The van der Waals surface area contributed by atoms with Crippen LogP contribution in [0.3, 0.4) is 0 Å². The highest BCUT2D eigenvalue weighted by Gasteiger charge is 2.58. The van der Waals surface area contributed by atoms with Crippen molar-refractivity contribution in [3.8, 4) is 5.88 Å². The van der Waals surface area contributed by atoms with Crippen molar-refractivity contribution in [2.24, 2.45) is 0 Å². The number of alkyl halides is 5. The lowest BCUT2D eigenvalue weighted by Gasteiger charge is -2.19. The summed E-state index contributed by atoms with van der Waals surface area (Å²) in [5, 5.41) is 0. The van der Waals surface area contributed by atoms with Gasteiger partial charge in [-0.05, 0) is 22.6 Å². The molecule has 0 aromatic carbocycles. The third-order valence-corrected chi connectivity index (χ3v) is 2.52. The minimum absolute atomic E-state index is 0.205. The Balaban J connectivity index is 2.82. The summed E-state index contributed by atoms with van der Waals surface area (Å²) < 4.78 is 64.3. The minimum Gasteiger partial charge on any atom is -0.470 e. The van der Waals surface area contributed by atoms with E-state index in [1.54, 1.807) is 0 Å². The molecule has 1 aromatic rings. The van der Waals surface area contributed by atoms with Crippen LogP contribution < -0.4 is 10.3 Å². The number of aromatic nitrogens is 2. The van der Waals surface area contributed by atoms with E-state index < -0.39 is 30.1 Å². The molecule has 4 nitrogen and oxygen atoms in total. The normalized spacial score (nSPS) is 12.6. The van der Waals surface area contributed by atoms with Crippen molar-refractivity contribution in [3.63, 3.8) is 0 Å². The molecule has 17 heavy (non-hydrogen) atoms. The van der Waals surface area contributed by atoms with Crippen LogP contribution in [0, 0.1) is 3.57 Å². The molecule has 0 amide bonds. The van der Waals surface area contributed by atoms with Gasteiger partial charge in [0.1, 0.15) is 3.57 Å². The summed E-state index contributed by atoms with van der Waals surface area (Å²) in [7, 11) is 0. The summed E-state index contributed by atoms with van der Waals surface area (Å²) in [6, 6.07) is 0. The summed E-state index contributed by atoms with van der Waals surface area (Å²) >= 11 is 1.42. The quantitative estimate of drug-likeness (QED) is 0.654. The number of rotatable bonds is 3. The van der Waals surface area contributed by atoms with Gasteiger partial charge in [-0.25, -0.2) is 4.98 Å². The summed E-state index contributed by atoms with van der Waals surface area (Å²) in [6.07, 6.45) is -4.87. The smallest absolute Gasteiger partial charge is 0.456 e. The number of ether oxygens (including phenoxy) is 1. The van der Waals surface area contributed by atoms with E-state index in [1.807, 2.05) is 0 Å². The van der Waals surface area contributed by atoms with Crippen LogP contribution in [0.5, 0.6) is 5.88 Å². The maximum Gasteiger partial charge on any atom is 0.456 e. The Bertz CT molecular complexity index is 458. The Kier molecular flexibility index (Phi) is 3.94. The van der Waals surface area contributed by atoms with Crippen molar-refractivity contribution in [1.29, 1.82) is 0 Å². The molecule has 96 valence electrons. The number of hydrogen-bond donors (Lipinski definition) is 1. The molecule has 0 aliphatic carbocycles. The van der Waals surface area contributed by atoms with E-state index in [0.29, 0.717) is 0 Å². The fourth-order valence-electron chi connectivity index (χ4n) is 0.708. The fraction of sp³-hybridized carbons (Fsp3) is 0.429. The van der Waals surface area contributed by atoms with E-state index in [9.17, 15) is 26.7 Å². The van der Waals surface area contributed by atoms with Crippen molar-refractivity contribution in [3.05, 3.63) is 20.3 Å².